The van der Waals surface area contributed by atoms with E-state index in [1.54, 1.807) is 31.2 Å². The molecule has 3 heteroatoms. The maximum atomic E-state index is 12.7. The molecule has 96 valence electrons. The molecule has 1 aromatic carbocycles. The molecule has 0 aliphatic carbocycles. The zero-order valence-corrected chi connectivity index (χ0v) is 10.7. The second-order valence-electron chi connectivity index (χ2n) is 5.37. The normalized spacial score (nSPS) is 14.8. The van der Waals surface area contributed by atoms with Gasteiger partial charge in [0.25, 0.3) is 0 Å². The van der Waals surface area contributed by atoms with Crippen molar-refractivity contribution < 1.29 is 13.2 Å². The monoisotopic (exact) mass is 244 g/mol. The largest absolute Gasteiger partial charge is 0.395 e. The quantitative estimate of drug-likeness (QED) is 0.683. The first-order chi connectivity index (χ1) is 7.66. The van der Waals surface area contributed by atoms with E-state index >= 15 is 0 Å². The maximum absolute atomic E-state index is 12.7. The Balaban J connectivity index is 3.02. The van der Waals surface area contributed by atoms with Gasteiger partial charge in [-0.05, 0) is 23.0 Å². The van der Waals surface area contributed by atoms with Crippen LogP contribution in [-0.2, 0) is 5.41 Å². The van der Waals surface area contributed by atoms with Crippen molar-refractivity contribution in [3.05, 3.63) is 35.4 Å². The Bertz CT molecular complexity index is 355. The maximum Gasteiger partial charge on any atom is 0.395 e. The molecule has 0 nitrogen and oxygen atoms in total. The van der Waals surface area contributed by atoms with Gasteiger partial charge in [0.05, 0.1) is 5.92 Å². The van der Waals surface area contributed by atoms with Gasteiger partial charge in [0.1, 0.15) is 0 Å². The van der Waals surface area contributed by atoms with Crippen LogP contribution in [0.2, 0.25) is 0 Å². The van der Waals surface area contributed by atoms with E-state index in [0.29, 0.717) is 5.56 Å². The molecule has 0 saturated heterocycles. The molecule has 0 spiro atoms. The first-order valence-corrected chi connectivity index (χ1v) is 5.83. The van der Waals surface area contributed by atoms with E-state index in [9.17, 15) is 13.2 Å². The Morgan fingerprint density at radius 3 is 1.76 bits per heavy atom. The zero-order chi connectivity index (χ0) is 13.3. The van der Waals surface area contributed by atoms with Crippen molar-refractivity contribution >= 4 is 0 Å². The molecule has 0 aliphatic heterocycles. The minimum Gasteiger partial charge on any atom is -0.170 e. The molecule has 0 amide bonds. The van der Waals surface area contributed by atoms with E-state index in [-0.39, 0.29) is 11.8 Å². The number of alkyl halides is 3. The van der Waals surface area contributed by atoms with Crippen molar-refractivity contribution in [1.82, 2.24) is 0 Å². The van der Waals surface area contributed by atoms with Gasteiger partial charge in [-0.3, -0.25) is 0 Å². The SMILES string of the molecule is CCC(c1ccc(C(C)(C)C)cc1)C(F)(F)F. The molecule has 0 fully saturated rings. The summed E-state index contributed by atoms with van der Waals surface area (Å²) in [5, 5.41) is 0. The Morgan fingerprint density at radius 2 is 1.47 bits per heavy atom. The summed E-state index contributed by atoms with van der Waals surface area (Å²) >= 11 is 0. The average molecular weight is 244 g/mol. The lowest BCUT2D eigenvalue weighted by atomic mass is 9.85. The third-order valence-electron chi connectivity index (χ3n) is 2.98. The first kappa shape index (κ1) is 14.1. The van der Waals surface area contributed by atoms with Crippen molar-refractivity contribution in [2.75, 3.05) is 0 Å². The minimum absolute atomic E-state index is 0.0293. The molecule has 0 bridgehead atoms. The fraction of sp³-hybridized carbons (Fsp3) is 0.571. The summed E-state index contributed by atoms with van der Waals surface area (Å²) in [4.78, 5) is 0. The standard InChI is InChI=1S/C14H19F3/c1-5-12(14(15,16)17)10-6-8-11(9-7-10)13(2,3)4/h6-9,12H,5H2,1-4H3. The number of hydrogen-bond donors (Lipinski definition) is 0. The van der Waals surface area contributed by atoms with E-state index in [0.717, 1.165) is 5.56 Å². The predicted octanol–water partition coefficient (Wildman–Crippen LogP) is 5.04. The average Bonchev–Trinajstić information content (AvgIpc) is 2.16. The molecule has 0 heterocycles. The highest BCUT2D eigenvalue weighted by atomic mass is 19.4. The van der Waals surface area contributed by atoms with Gasteiger partial charge >= 0.3 is 6.18 Å². The molecule has 1 rings (SSSR count). The lowest BCUT2D eigenvalue weighted by Crippen LogP contribution is -2.20. The molecular weight excluding hydrogens is 225 g/mol. The van der Waals surface area contributed by atoms with E-state index in [4.69, 9.17) is 0 Å². The van der Waals surface area contributed by atoms with Gasteiger partial charge in [-0.1, -0.05) is 52.0 Å². The fourth-order valence-corrected chi connectivity index (χ4v) is 1.87. The highest BCUT2D eigenvalue weighted by Gasteiger charge is 2.39. The summed E-state index contributed by atoms with van der Waals surface area (Å²) in [6.07, 6.45) is -4.07. The summed E-state index contributed by atoms with van der Waals surface area (Å²) in [6.45, 7) is 7.70. The van der Waals surface area contributed by atoms with E-state index in [2.05, 4.69) is 0 Å². The highest BCUT2D eigenvalue weighted by Crippen LogP contribution is 2.37. The Morgan fingerprint density at radius 1 is 1.00 bits per heavy atom. The van der Waals surface area contributed by atoms with Crippen LogP contribution in [0.15, 0.2) is 24.3 Å². The topological polar surface area (TPSA) is 0 Å². The van der Waals surface area contributed by atoms with Gasteiger partial charge in [0.2, 0.25) is 0 Å². The molecule has 17 heavy (non-hydrogen) atoms. The molecule has 1 atom stereocenters. The summed E-state index contributed by atoms with van der Waals surface area (Å²) in [6, 6.07) is 6.79. The van der Waals surface area contributed by atoms with Crippen LogP contribution in [0.25, 0.3) is 0 Å². The number of halogens is 3. The number of rotatable bonds is 2. The van der Waals surface area contributed by atoms with Gasteiger partial charge in [0.15, 0.2) is 0 Å². The second-order valence-corrected chi connectivity index (χ2v) is 5.37. The van der Waals surface area contributed by atoms with Crippen LogP contribution >= 0.6 is 0 Å². The van der Waals surface area contributed by atoms with Crippen molar-refractivity contribution in [3.8, 4) is 0 Å². The predicted molar refractivity (Wildman–Crippen MR) is 64.2 cm³/mol. The lowest BCUT2D eigenvalue weighted by Gasteiger charge is -2.22. The third-order valence-corrected chi connectivity index (χ3v) is 2.98. The molecule has 1 aromatic rings. The smallest absolute Gasteiger partial charge is 0.170 e. The highest BCUT2D eigenvalue weighted by molar-refractivity contribution is 5.30. The molecule has 0 aliphatic rings. The van der Waals surface area contributed by atoms with E-state index in [1.165, 1.54) is 0 Å². The van der Waals surface area contributed by atoms with Gasteiger partial charge in [-0.15, -0.1) is 0 Å². The zero-order valence-electron chi connectivity index (χ0n) is 10.7. The van der Waals surface area contributed by atoms with Crippen molar-refractivity contribution in [2.45, 2.75) is 51.6 Å². The Hall–Kier alpha value is -0.990. The van der Waals surface area contributed by atoms with E-state index < -0.39 is 12.1 Å². The number of benzene rings is 1. The van der Waals surface area contributed by atoms with Crippen LogP contribution in [0, 0.1) is 0 Å². The second kappa shape index (κ2) is 4.71. The van der Waals surface area contributed by atoms with Gasteiger partial charge < -0.3 is 0 Å². The molecule has 0 radical (unpaired) electrons. The summed E-state index contributed by atoms with van der Waals surface area (Å²) in [7, 11) is 0. The van der Waals surface area contributed by atoms with Crippen molar-refractivity contribution in [1.29, 1.82) is 0 Å². The van der Waals surface area contributed by atoms with Gasteiger partial charge in [0, 0.05) is 0 Å². The Labute approximate surface area is 101 Å². The first-order valence-electron chi connectivity index (χ1n) is 5.83. The minimum atomic E-state index is -4.15. The van der Waals surface area contributed by atoms with Crippen molar-refractivity contribution in [2.24, 2.45) is 0 Å². The molecule has 1 unspecified atom stereocenters. The van der Waals surface area contributed by atoms with Crippen LogP contribution in [0.3, 0.4) is 0 Å². The fourth-order valence-electron chi connectivity index (χ4n) is 1.87. The molecule has 0 N–H and O–H groups in total. The molecule has 0 saturated carbocycles. The lowest BCUT2D eigenvalue weighted by molar-refractivity contribution is -0.151. The summed E-state index contributed by atoms with van der Waals surface area (Å²) < 4.78 is 38.2. The third kappa shape index (κ3) is 3.48. The number of hydrogen-bond acceptors (Lipinski definition) is 0. The van der Waals surface area contributed by atoms with Crippen molar-refractivity contribution in [3.63, 3.8) is 0 Å². The summed E-state index contributed by atoms with van der Waals surface area (Å²) in [5.74, 6) is -1.35. The van der Waals surface area contributed by atoms with Gasteiger partial charge in [-0.2, -0.15) is 13.2 Å². The van der Waals surface area contributed by atoms with Crippen LogP contribution in [-0.4, -0.2) is 6.18 Å². The summed E-state index contributed by atoms with van der Waals surface area (Å²) in [5.41, 5.74) is 1.38. The van der Waals surface area contributed by atoms with Crippen LogP contribution in [0.1, 0.15) is 51.2 Å². The molecular formula is C14H19F3. The van der Waals surface area contributed by atoms with Crippen LogP contribution in [0.4, 0.5) is 13.2 Å². The van der Waals surface area contributed by atoms with Crippen LogP contribution < -0.4 is 0 Å². The molecule has 0 aromatic heterocycles. The van der Waals surface area contributed by atoms with E-state index in [1.807, 2.05) is 20.8 Å². The van der Waals surface area contributed by atoms with Crippen LogP contribution in [0.5, 0.6) is 0 Å². The Kier molecular flexibility index (Phi) is 3.90. The van der Waals surface area contributed by atoms with Gasteiger partial charge in [-0.25, -0.2) is 0 Å².